The third-order valence-corrected chi connectivity index (χ3v) is 3.12. The van der Waals surface area contributed by atoms with E-state index < -0.39 is 5.54 Å². The lowest BCUT2D eigenvalue weighted by Crippen LogP contribution is -2.62. The van der Waals surface area contributed by atoms with Crippen LogP contribution in [0.2, 0.25) is 0 Å². The standard InChI is InChI=1S/C11H19N7O/c1-11(2)7(19)13-5-6-18(11)10-15-8(12)14-9(16-10)17(3)4/h5-6H2,1-4H3,(H,13,19)(H2,12,14,15,16). The number of hydrogen-bond donors (Lipinski definition) is 2. The monoisotopic (exact) mass is 265 g/mol. The molecular weight excluding hydrogens is 246 g/mol. The summed E-state index contributed by atoms with van der Waals surface area (Å²) in [5.41, 5.74) is 5.00. The second-order valence-corrected chi connectivity index (χ2v) is 5.15. The van der Waals surface area contributed by atoms with Gasteiger partial charge in [0.05, 0.1) is 0 Å². The molecule has 8 nitrogen and oxygen atoms in total. The lowest BCUT2D eigenvalue weighted by atomic mass is 10.00. The van der Waals surface area contributed by atoms with Gasteiger partial charge >= 0.3 is 0 Å². The molecule has 1 fully saturated rings. The molecule has 1 aliphatic heterocycles. The topological polar surface area (TPSA) is 100 Å². The molecule has 1 aromatic heterocycles. The summed E-state index contributed by atoms with van der Waals surface area (Å²) >= 11 is 0. The van der Waals surface area contributed by atoms with Crippen molar-refractivity contribution in [3.8, 4) is 0 Å². The molecule has 0 atom stereocenters. The highest BCUT2D eigenvalue weighted by Gasteiger charge is 2.39. The van der Waals surface area contributed by atoms with Gasteiger partial charge in [-0.1, -0.05) is 0 Å². The Kier molecular flexibility index (Phi) is 3.17. The molecule has 1 aliphatic rings. The van der Waals surface area contributed by atoms with Crippen LogP contribution < -0.4 is 20.9 Å². The van der Waals surface area contributed by atoms with Crippen molar-refractivity contribution in [3.63, 3.8) is 0 Å². The summed E-state index contributed by atoms with van der Waals surface area (Å²) in [6, 6.07) is 0. The molecular formula is C11H19N7O. The molecule has 0 radical (unpaired) electrons. The Bertz CT molecular complexity index is 500. The molecule has 1 aromatic rings. The fraction of sp³-hybridized carbons (Fsp3) is 0.636. The van der Waals surface area contributed by atoms with E-state index in [1.807, 2.05) is 32.8 Å². The number of rotatable bonds is 2. The van der Waals surface area contributed by atoms with E-state index in [4.69, 9.17) is 5.73 Å². The second-order valence-electron chi connectivity index (χ2n) is 5.15. The first-order chi connectivity index (χ1) is 8.82. The predicted octanol–water partition coefficient (Wildman–Crippen LogP) is -0.765. The summed E-state index contributed by atoms with van der Waals surface area (Å²) in [5, 5.41) is 2.83. The number of amides is 1. The zero-order chi connectivity index (χ0) is 14.2. The zero-order valence-electron chi connectivity index (χ0n) is 11.6. The normalized spacial score (nSPS) is 18.1. The van der Waals surface area contributed by atoms with Crippen LogP contribution in [0.1, 0.15) is 13.8 Å². The van der Waals surface area contributed by atoms with Crippen molar-refractivity contribution < 1.29 is 4.79 Å². The minimum atomic E-state index is -0.713. The number of nitrogen functional groups attached to an aromatic ring is 1. The highest BCUT2D eigenvalue weighted by molar-refractivity contribution is 5.89. The molecule has 0 aromatic carbocycles. The van der Waals surface area contributed by atoms with Crippen molar-refractivity contribution in [1.29, 1.82) is 0 Å². The van der Waals surface area contributed by atoms with Gasteiger partial charge in [0.1, 0.15) is 5.54 Å². The smallest absolute Gasteiger partial charge is 0.245 e. The number of carbonyl (C=O) groups excluding carboxylic acids is 1. The first-order valence-corrected chi connectivity index (χ1v) is 6.07. The molecule has 0 bridgehead atoms. The van der Waals surface area contributed by atoms with Crippen LogP contribution in [0.3, 0.4) is 0 Å². The number of anilines is 3. The van der Waals surface area contributed by atoms with Gasteiger partial charge in [-0.3, -0.25) is 4.79 Å². The van der Waals surface area contributed by atoms with Crippen LogP contribution in [0, 0.1) is 0 Å². The average Bonchev–Trinajstić information content (AvgIpc) is 2.31. The number of aromatic nitrogens is 3. The molecule has 1 amide bonds. The molecule has 0 aliphatic carbocycles. The fourth-order valence-corrected chi connectivity index (χ4v) is 1.94. The van der Waals surface area contributed by atoms with E-state index in [1.54, 1.807) is 4.90 Å². The second kappa shape index (κ2) is 4.52. The van der Waals surface area contributed by atoms with Gasteiger partial charge in [0.2, 0.25) is 23.8 Å². The number of nitrogens with one attached hydrogen (secondary N) is 1. The maximum atomic E-state index is 11.9. The van der Waals surface area contributed by atoms with Gasteiger partial charge < -0.3 is 20.9 Å². The number of piperazine rings is 1. The highest BCUT2D eigenvalue weighted by atomic mass is 16.2. The van der Waals surface area contributed by atoms with Gasteiger partial charge in [-0.15, -0.1) is 0 Å². The Morgan fingerprint density at radius 2 is 2.00 bits per heavy atom. The van der Waals surface area contributed by atoms with Crippen LogP contribution in [0.5, 0.6) is 0 Å². The van der Waals surface area contributed by atoms with Crippen LogP contribution in [0.25, 0.3) is 0 Å². The lowest BCUT2D eigenvalue weighted by Gasteiger charge is -2.41. The summed E-state index contributed by atoms with van der Waals surface area (Å²) in [4.78, 5) is 28.1. The SMILES string of the molecule is CN(C)c1nc(N)nc(N2CCNC(=O)C2(C)C)n1. The van der Waals surface area contributed by atoms with E-state index >= 15 is 0 Å². The van der Waals surface area contributed by atoms with Crippen molar-refractivity contribution in [1.82, 2.24) is 20.3 Å². The van der Waals surface area contributed by atoms with E-state index in [-0.39, 0.29) is 11.9 Å². The molecule has 2 rings (SSSR count). The lowest BCUT2D eigenvalue weighted by molar-refractivity contribution is -0.126. The van der Waals surface area contributed by atoms with Crippen molar-refractivity contribution >= 4 is 23.8 Å². The third-order valence-electron chi connectivity index (χ3n) is 3.12. The van der Waals surface area contributed by atoms with Crippen LogP contribution >= 0.6 is 0 Å². The predicted molar refractivity (Wildman–Crippen MR) is 73.0 cm³/mol. The number of carbonyl (C=O) groups is 1. The maximum absolute atomic E-state index is 11.9. The third kappa shape index (κ3) is 2.38. The Morgan fingerprint density at radius 1 is 1.32 bits per heavy atom. The van der Waals surface area contributed by atoms with Gasteiger partial charge in [0, 0.05) is 27.2 Å². The summed E-state index contributed by atoms with van der Waals surface area (Å²) in [7, 11) is 3.65. The Labute approximate surface area is 112 Å². The number of nitrogens with two attached hydrogens (primary N) is 1. The van der Waals surface area contributed by atoms with Crippen LogP contribution in [0.4, 0.5) is 17.8 Å². The number of hydrogen-bond acceptors (Lipinski definition) is 7. The highest BCUT2D eigenvalue weighted by Crippen LogP contribution is 2.24. The van der Waals surface area contributed by atoms with Crippen molar-refractivity contribution in [2.45, 2.75) is 19.4 Å². The molecule has 3 N–H and O–H groups in total. The van der Waals surface area contributed by atoms with Gasteiger partial charge in [0.15, 0.2) is 0 Å². The quantitative estimate of drug-likeness (QED) is 0.724. The molecule has 2 heterocycles. The van der Waals surface area contributed by atoms with Gasteiger partial charge in [-0.2, -0.15) is 15.0 Å². The Balaban J connectivity index is 2.43. The zero-order valence-corrected chi connectivity index (χ0v) is 11.6. The molecule has 0 spiro atoms. The van der Waals surface area contributed by atoms with Crippen LogP contribution in [-0.4, -0.2) is 53.6 Å². The molecule has 19 heavy (non-hydrogen) atoms. The van der Waals surface area contributed by atoms with E-state index in [0.717, 1.165) is 0 Å². The van der Waals surface area contributed by atoms with E-state index in [2.05, 4.69) is 20.3 Å². The summed E-state index contributed by atoms with van der Waals surface area (Å²) in [5.74, 6) is 1.000. The first-order valence-electron chi connectivity index (χ1n) is 6.07. The summed E-state index contributed by atoms with van der Waals surface area (Å²) in [6.45, 7) is 4.85. The minimum Gasteiger partial charge on any atom is -0.368 e. The van der Waals surface area contributed by atoms with E-state index in [0.29, 0.717) is 25.0 Å². The summed E-state index contributed by atoms with van der Waals surface area (Å²) < 4.78 is 0. The molecule has 8 heteroatoms. The Hall–Kier alpha value is -2.12. The van der Waals surface area contributed by atoms with Gasteiger partial charge in [-0.05, 0) is 13.8 Å². The summed E-state index contributed by atoms with van der Waals surface area (Å²) in [6.07, 6.45) is 0. The molecule has 0 unspecified atom stereocenters. The van der Waals surface area contributed by atoms with E-state index in [9.17, 15) is 4.79 Å². The first kappa shape index (κ1) is 13.3. The van der Waals surface area contributed by atoms with Crippen LogP contribution in [0.15, 0.2) is 0 Å². The largest absolute Gasteiger partial charge is 0.368 e. The average molecular weight is 265 g/mol. The minimum absolute atomic E-state index is 0.0517. The number of nitrogens with zero attached hydrogens (tertiary/aromatic N) is 5. The Morgan fingerprint density at radius 3 is 2.63 bits per heavy atom. The van der Waals surface area contributed by atoms with Crippen molar-refractivity contribution in [3.05, 3.63) is 0 Å². The van der Waals surface area contributed by atoms with Gasteiger partial charge in [-0.25, -0.2) is 0 Å². The molecule has 1 saturated heterocycles. The van der Waals surface area contributed by atoms with Crippen molar-refractivity contribution in [2.24, 2.45) is 0 Å². The van der Waals surface area contributed by atoms with Gasteiger partial charge in [0.25, 0.3) is 0 Å². The fourth-order valence-electron chi connectivity index (χ4n) is 1.94. The maximum Gasteiger partial charge on any atom is 0.245 e. The molecule has 0 saturated carbocycles. The van der Waals surface area contributed by atoms with Crippen molar-refractivity contribution in [2.75, 3.05) is 42.7 Å². The van der Waals surface area contributed by atoms with E-state index in [1.165, 1.54) is 0 Å². The van der Waals surface area contributed by atoms with Crippen LogP contribution in [-0.2, 0) is 4.79 Å². The molecule has 104 valence electrons.